The Bertz CT molecular complexity index is 544. The van der Waals surface area contributed by atoms with Crippen LogP contribution in [0.15, 0.2) is 35.8 Å². The van der Waals surface area contributed by atoms with E-state index in [1.165, 1.54) is 41.8 Å². The van der Waals surface area contributed by atoms with E-state index >= 15 is 0 Å². The van der Waals surface area contributed by atoms with Gasteiger partial charge in [0.05, 0.1) is 5.69 Å². The molecule has 3 heteroatoms. The Kier molecular flexibility index (Phi) is 5.04. The summed E-state index contributed by atoms with van der Waals surface area (Å²) in [6, 6.07) is 9.18. The lowest BCUT2D eigenvalue weighted by atomic mass is 9.96. The normalized spacial score (nSPS) is 17.2. The summed E-state index contributed by atoms with van der Waals surface area (Å²) in [5.74, 6) is 0.789. The van der Waals surface area contributed by atoms with Crippen molar-refractivity contribution in [3.05, 3.63) is 52.0 Å². The third-order valence-electron chi connectivity index (χ3n) is 4.58. The lowest BCUT2D eigenvalue weighted by Crippen LogP contribution is -2.27. The third-order valence-corrected chi connectivity index (χ3v) is 5.53. The highest BCUT2D eigenvalue weighted by atomic mass is 32.1. The standard InChI is InChI=1S/C18H24N2S/c1-2-14-9-5-11-19-16(14)13-20-18(15-7-3-4-8-15)17-10-6-12-21-17/h5-6,9-12,15,18,20H,2-4,7-8,13H2,1H3. The van der Waals surface area contributed by atoms with Crippen molar-refractivity contribution in [2.75, 3.05) is 0 Å². The molecule has 1 saturated carbocycles. The second-order valence-corrected chi connectivity index (χ2v) is 6.86. The van der Waals surface area contributed by atoms with Crippen molar-refractivity contribution in [3.63, 3.8) is 0 Å². The fourth-order valence-electron chi connectivity index (χ4n) is 3.42. The Morgan fingerprint density at radius 2 is 2.14 bits per heavy atom. The first-order valence-electron chi connectivity index (χ1n) is 8.08. The number of nitrogens with zero attached hydrogens (tertiary/aromatic N) is 1. The van der Waals surface area contributed by atoms with Gasteiger partial charge in [0, 0.05) is 23.7 Å². The minimum absolute atomic E-state index is 0.499. The number of aromatic nitrogens is 1. The van der Waals surface area contributed by atoms with Crippen LogP contribution in [0.1, 0.15) is 54.8 Å². The van der Waals surface area contributed by atoms with Crippen molar-refractivity contribution in [1.29, 1.82) is 0 Å². The number of hydrogen-bond acceptors (Lipinski definition) is 3. The molecular formula is C18H24N2S. The molecule has 1 atom stereocenters. The largest absolute Gasteiger partial charge is 0.303 e. The molecule has 0 aromatic carbocycles. The maximum atomic E-state index is 4.57. The Labute approximate surface area is 131 Å². The average Bonchev–Trinajstić information content (AvgIpc) is 3.22. The molecule has 2 heterocycles. The van der Waals surface area contributed by atoms with E-state index in [-0.39, 0.29) is 0 Å². The smallest absolute Gasteiger partial charge is 0.0573 e. The molecule has 0 amide bonds. The summed E-state index contributed by atoms with van der Waals surface area (Å²) in [6.07, 6.45) is 8.46. The predicted molar refractivity (Wildman–Crippen MR) is 89.5 cm³/mol. The molecule has 21 heavy (non-hydrogen) atoms. The molecular weight excluding hydrogens is 276 g/mol. The molecule has 1 fully saturated rings. The van der Waals surface area contributed by atoms with Gasteiger partial charge in [-0.25, -0.2) is 0 Å². The second kappa shape index (κ2) is 7.19. The lowest BCUT2D eigenvalue weighted by Gasteiger charge is -2.24. The van der Waals surface area contributed by atoms with Gasteiger partial charge in [0.2, 0.25) is 0 Å². The zero-order valence-electron chi connectivity index (χ0n) is 12.7. The summed E-state index contributed by atoms with van der Waals surface area (Å²) in [6.45, 7) is 3.08. The van der Waals surface area contributed by atoms with Gasteiger partial charge in [-0.15, -0.1) is 11.3 Å². The van der Waals surface area contributed by atoms with Gasteiger partial charge in [-0.1, -0.05) is 31.9 Å². The van der Waals surface area contributed by atoms with Crippen molar-refractivity contribution in [2.24, 2.45) is 5.92 Å². The predicted octanol–water partition coefficient (Wildman–Crippen LogP) is 4.73. The molecule has 1 aliphatic rings. The molecule has 2 aromatic heterocycles. The number of rotatable bonds is 6. The Morgan fingerprint density at radius 3 is 2.86 bits per heavy atom. The molecule has 0 saturated heterocycles. The number of aryl methyl sites for hydroxylation is 1. The quantitative estimate of drug-likeness (QED) is 0.834. The van der Waals surface area contributed by atoms with Crippen LogP contribution in [0.25, 0.3) is 0 Å². The molecule has 2 nitrogen and oxygen atoms in total. The van der Waals surface area contributed by atoms with Gasteiger partial charge in [-0.3, -0.25) is 4.98 Å². The highest BCUT2D eigenvalue weighted by Gasteiger charge is 2.26. The van der Waals surface area contributed by atoms with Crippen LogP contribution in [0.4, 0.5) is 0 Å². The number of hydrogen-bond donors (Lipinski definition) is 1. The highest BCUT2D eigenvalue weighted by Crippen LogP contribution is 2.37. The summed E-state index contributed by atoms with van der Waals surface area (Å²) < 4.78 is 0. The van der Waals surface area contributed by atoms with E-state index in [2.05, 4.69) is 40.8 Å². The van der Waals surface area contributed by atoms with Crippen LogP contribution in [-0.2, 0) is 13.0 Å². The van der Waals surface area contributed by atoms with Gasteiger partial charge in [0.15, 0.2) is 0 Å². The molecule has 2 aromatic rings. The zero-order chi connectivity index (χ0) is 14.5. The maximum Gasteiger partial charge on any atom is 0.0573 e. The fourth-order valence-corrected chi connectivity index (χ4v) is 4.31. The molecule has 112 valence electrons. The number of pyridine rings is 1. The van der Waals surface area contributed by atoms with E-state index in [1.54, 1.807) is 0 Å². The third kappa shape index (κ3) is 3.53. The van der Waals surface area contributed by atoms with Crippen molar-refractivity contribution in [2.45, 2.75) is 51.6 Å². The van der Waals surface area contributed by atoms with Crippen LogP contribution >= 0.6 is 11.3 Å². The van der Waals surface area contributed by atoms with Crippen molar-refractivity contribution in [3.8, 4) is 0 Å². The van der Waals surface area contributed by atoms with Gasteiger partial charge in [-0.2, -0.15) is 0 Å². The molecule has 1 unspecified atom stereocenters. The van der Waals surface area contributed by atoms with Crippen LogP contribution in [0.5, 0.6) is 0 Å². The molecule has 0 spiro atoms. The van der Waals surface area contributed by atoms with Crippen LogP contribution in [0, 0.1) is 5.92 Å². The molecule has 3 rings (SSSR count). The SMILES string of the molecule is CCc1cccnc1CNC(c1cccs1)C1CCCC1. The lowest BCUT2D eigenvalue weighted by molar-refractivity contribution is 0.369. The van der Waals surface area contributed by atoms with Crippen molar-refractivity contribution < 1.29 is 0 Å². The first-order valence-corrected chi connectivity index (χ1v) is 8.96. The summed E-state index contributed by atoms with van der Waals surface area (Å²) in [5.41, 5.74) is 2.57. The Balaban J connectivity index is 1.72. The summed E-state index contributed by atoms with van der Waals surface area (Å²) >= 11 is 1.88. The Morgan fingerprint density at radius 1 is 1.29 bits per heavy atom. The van der Waals surface area contributed by atoms with E-state index in [9.17, 15) is 0 Å². The Hall–Kier alpha value is -1.19. The van der Waals surface area contributed by atoms with E-state index in [0.717, 1.165) is 18.9 Å². The minimum Gasteiger partial charge on any atom is -0.303 e. The van der Waals surface area contributed by atoms with Crippen LogP contribution in [0.3, 0.4) is 0 Å². The van der Waals surface area contributed by atoms with E-state index in [0.29, 0.717) is 6.04 Å². The van der Waals surface area contributed by atoms with Crippen molar-refractivity contribution >= 4 is 11.3 Å². The first-order chi connectivity index (χ1) is 10.4. The summed E-state index contributed by atoms with van der Waals surface area (Å²) in [5, 5.41) is 5.99. The van der Waals surface area contributed by atoms with Gasteiger partial charge < -0.3 is 5.32 Å². The van der Waals surface area contributed by atoms with Gasteiger partial charge in [0.1, 0.15) is 0 Å². The maximum absolute atomic E-state index is 4.57. The summed E-state index contributed by atoms with van der Waals surface area (Å²) in [4.78, 5) is 6.05. The van der Waals surface area contributed by atoms with Crippen LogP contribution in [-0.4, -0.2) is 4.98 Å². The molecule has 0 aliphatic heterocycles. The van der Waals surface area contributed by atoms with Gasteiger partial charge >= 0.3 is 0 Å². The second-order valence-electron chi connectivity index (χ2n) is 5.88. The number of nitrogens with one attached hydrogen (secondary N) is 1. The molecule has 1 aliphatic carbocycles. The zero-order valence-corrected chi connectivity index (χ0v) is 13.5. The van der Waals surface area contributed by atoms with E-state index < -0.39 is 0 Å². The highest BCUT2D eigenvalue weighted by molar-refractivity contribution is 7.10. The minimum atomic E-state index is 0.499. The van der Waals surface area contributed by atoms with E-state index in [1.807, 2.05) is 23.6 Å². The summed E-state index contributed by atoms with van der Waals surface area (Å²) in [7, 11) is 0. The fraction of sp³-hybridized carbons (Fsp3) is 0.500. The van der Waals surface area contributed by atoms with E-state index in [4.69, 9.17) is 0 Å². The topological polar surface area (TPSA) is 24.9 Å². The van der Waals surface area contributed by atoms with Gasteiger partial charge in [-0.05, 0) is 48.3 Å². The average molecular weight is 300 g/mol. The van der Waals surface area contributed by atoms with Crippen LogP contribution in [0.2, 0.25) is 0 Å². The monoisotopic (exact) mass is 300 g/mol. The van der Waals surface area contributed by atoms with Crippen molar-refractivity contribution in [1.82, 2.24) is 10.3 Å². The van der Waals surface area contributed by atoms with Crippen LogP contribution < -0.4 is 5.32 Å². The molecule has 0 bridgehead atoms. The molecule has 1 N–H and O–H groups in total. The molecule has 0 radical (unpaired) electrons. The first kappa shape index (κ1) is 14.7. The number of thiophene rings is 1. The van der Waals surface area contributed by atoms with Gasteiger partial charge in [0.25, 0.3) is 0 Å².